The van der Waals surface area contributed by atoms with E-state index in [1.165, 1.54) is 11.1 Å². The molecule has 20 heavy (non-hydrogen) atoms. The molecule has 1 N–H and O–H groups in total. The van der Waals surface area contributed by atoms with Gasteiger partial charge in [-0.3, -0.25) is 5.32 Å². The second-order valence-electron chi connectivity index (χ2n) is 5.17. The van der Waals surface area contributed by atoms with Crippen molar-refractivity contribution in [1.82, 2.24) is 0 Å². The van der Waals surface area contributed by atoms with Crippen molar-refractivity contribution in [2.24, 2.45) is 5.92 Å². The maximum absolute atomic E-state index is 11.9. The molecule has 1 amide bonds. The molecule has 0 bridgehead atoms. The third kappa shape index (κ3) is 3.73. The van der Waals surface area contributed by atoms with Gasteiger partial charge in [0.05, 0.1) is 0 Å². The van der Waals surface area contributed by atoms with Crippen molar-refractivity contribution in [2.45, 2.75) is 33.3 Å². The van der Waals surface area contributed by atoms with Crippen LogP contribution in [0.15, 0.2) is 48.1 Å². The predicted molar refractivity (Wildman–Crippen MR) is 81.8 cm³/mol. The monoisotopic (exact) mass is 271 g/mol. The van der Waals surface area contributed by atoms with E-state index in [2.05, 4.69) is 18.3 Å². The first-order chi connectivity index (χ1) is 9.58. The number of ether oxygens (including phenoxy) is 1. The van der Waals surface area contributed by atoms with Gasteiger partial charge in [-0.2, -0.15) is 0 Å². The van der Waals surface area contributed by atoms with Crippen molar-refractivity contribution in [3.05, 3.63) is 53.6 Å². The summed E-state index contributed by atoms with van der Waals surface area (Å²) in [6.07, 6.45) is 6.39. The molecule has 0 radical (unpaired) electrons. The lowest BCUT2D eigenvalue weighted by atomic mass is 9.96. The van der Waals surface area contributed by atoms with Crippen LogP contribution in [0, 0.1) is 5.92 Å². The average molecular weight is 271 g/mol. The van der Waals surface area contributed by atoms with Crippen LogP contribution in [0.1, 0.15) is 26.3 Å². The molecule has 0 saturated carbocycles. The molecular formula is C17H21NO2. The number of hydrogen-bond acceptors (Lipinski definition) is 2. The van der Waals surface area contributed by atoms with Gasteiger partial charge in [-0.1, -0.05) is 43.7 Å². The van der Waals surface area contributed by atoms with Crippen molar-refractivity contribution in [1.29, 1.82) is 0 Å². The van der Waals surface area contributed by atoms with Crippen molar-refractivity contribution >= 4 is 11.8 Å². The Morgan fingerprint density at radius 2 is 2.00 bits per heavy atom. The Balaban J connectivity index is 1.91. The third-order valence-electron chi connectivity index (χ3n) is 3.44. The zero-order chi connectivity index (χ0) is 14.5. The highest BCUT2D eigenvalue weighted by atomic mass is 16.6. The highest BCUT2D eigenvalue weighted by Crippen LogP contribution is 2.20. The summed E-state index contributed by atoms with van der Waals surface area (Å²) in [5, 5.41) is 2.76. The highest BCUT2D eigenvalue weighted by Gasteiger charge is 2.19. The summed E-state index contributed by atoms with van der Waals surface area (Å²) in [6, 6.07) is 7.80. The quantitative estimate of drug-likeness (QED) is 0.889. The fourth-order valence-corrected chi connectivity index (χ4v) is 2.23. The van der Waals surface area contributed by atoms with E-state index in [1.807, 2.05) is 50.3 Å². The van der Waals surface area contributed by atoms with Gasteiger partial charge in [-0.05, 0) is 37.1 Å². The fraction of sp³-hybridized carbons (Fsp3) is 0.353. The summed E-state index contributed by atoms with van der Waals surface area (Å²) < 4.78 is 5.43. The smallest absolute Gasteiger partial charge is 0.412 e. The maximum atomic E-state index is 11.9. The lowest BCUT2D eigenvalue weighted by molar-refractivity contribution is 0.116. The summed E-state index contributed by atoms with van der Waals surface area (Å²) in [4.78, 5) is 11.9. The molecule has 1 aromatic rings. The predicted octanol–water partition coefficient (Wildman–Crippen LogP) is 4.32. The summed E-state index contributed by atoms with van der Waals surface area (Å²) in [7, 11) is 0. The van der Waals surface area contributed by atoms with Crippen molar-refractivity contribution in [3.63, 3.8) is 0 Å². The van der Waals surface area contributed by atoms with Gasteiger partial charge in [0.2, 0.25) is 0 Å². The second kappa shape index (κ2) is 6.42. The molecule has 1 aliphatic rings. The van der Waals surface area contributed by atoms with Crippen molar-refractivity contribution in [3.8, 4) is 0 Å². The Morgan fingerprint density at radius 3 is 2.60 bits per heavy atom. The van der Waals surface area contributed by atoms with E-state index < -0.39 is 6.09 Å². The maximum Gasteiger partial charge on any atom is 0.412 e. The van der Waals surface area contributed by atoms with Crippen LogP contribution in [0.5, 0.6) is 0 Å². The van der Waals surface area contributed by atoms with E-state index in [0.717, 1.165) is 12.1 Å². The lowest BCUT2D eigenvalue weighted by Gasteiger charge is -2.22. The van der Waals surface area contributed by atoms with Crippen LogP contribution in [-0.4, -0.2) is 12.2 Å². The van der Waals surface area contributed by atoms with Gasteiger partial charge in [0.15, 0.2) is 0 Å². The molecule has 3 heteroatoms. The lowest BCUT2D eigenvalue weighted by Crippen LogP contribution is -2.26. The summed E-state index contributed by atoms with van der Waals surface area (Å²) in [5.74, 6) is 0.202. The number of nitrogens with one attached hydrogen (secondary N) is 1. The SMILES string of the molecule is CCc1ccc(NC(=O)OC2C=CC(C)=CC2C)cc1. The fourth-order valence-electron chi connectivity index (χ4n) is 2.23. The molecule has 0 aliphatic heterocycles. The molecule has 3 nitrogen and oxygen atoms in total. The molecule has 2 unspecified atom stereocenters. The summed E-state index contributed by atoms with van der Waals surface area (Å²) in [6.45, 7) is 6.18. The van der Waals surface area contributed by atoms with Crippen LogP contribution in [-0.2, 0) is 11.2 Å². The van der Waals surface area contributed by atoms with Crippen molar-refractivity contribution < 1.29 is 9.53 Å². The molecule has 1 aromatic carbocycles. The summed E-state index contributed by atoms with van der Waals surface area (Å²) >= 11 is 0. The second-order valence-corrected chi connectivity index (χ2v) is 5.17. The number of carbonyl (C=O) groups excluding carboxylic acids is 1. The minimum Gasteiger partial charge on any atom is -0.441 e. The topological polar surface area (TPSA) is 38.3 Å². The molecule has 0 aromatic heterocycles. The first-order valence-electron chi connectivity index (χ1n) is 7.01. The van der Waals surface area contributed by atoms with Crippen LogP contribution in [0.25, 0.3) is 0 Å². The van der Waals surface area contributed by atoms with Crippen LogP contribution < -0.4 is 5.32 Å². The summed E-state index contributed by atoms with van der Waals surface area (Å²) in [5.41, 5.74) is 3.20. The molecule has 1 aliphatic carbocycles. The number of benzene rings is 1. The van der Waals surface area contributed by atoms with E-state index in [9.17, 15) is 4.79 Å². The van der Waals surface area contributed by atoms with Gasteiger partial charge < -0.3 is 4.74 Å². The standard InChI is InChI=1S/C17H21NO2/c1-4-14-6-8-15(9-7-14)18-17(19)20-16-10-5-12(2)11-13(16)3/h5-11,13,16H,4H2,1-3H3,(H,18,19). The first-order valence-corrected chi connectivity index (χ1v) is 7.01. The van der Waals surface area contributed by atoms with E-state index in [1.54, 1.807) is 0 Å². The Kier molecular flexibility index (Phi) is 4.61. The molecule has 2 atom stereocenters. The van der Waals surface area contributed by atoms with Gasteiger partial charge in [0.25, 0.3) is 0 Å². The van der Waals surface area contributed by atoms with E-state index in [0.29, 0.717) is 0 Å². The van der Waals surface area contributed by atoms with Crippen molar-refractivity contribution in [2.75, 3.05) is 5.32 Å². The highest BCUT2D eigenvalue weighted by molar-refractivity contribution is 5.84. The Morgan fingerprint density at radius 1 is 1.30 bits per heavy atom. The molecule has 0 spiro atoms. The molecule has 106 valence electrons. The van der Waals surface area contributed by atoms with Crippen LogP contribution in [0.4, 0.5) is 10.5 Å². The molecule has 0 saturated heterocycles. The van der Waals surface area contributed by atoms with Gasteiger partial charge >= 0.3 is 6.09 Å². The van der Waals surface area contributed by atoms with Crippen LogP contribution in [0.2, 0.25) is 0 Å². The van der Waals surface area contributed by atoms with Gasteiger partial charge in [-0.25, -0.2) is 4.79 Å². The Hall–Kier alpha value is -2.03. The largest absolute Gasteiger partial charge is 0.441 e. The van der Waals surface area contributed by atoms with E-state index in [4.69, 9.17) is 4.74 Å². The normalized spacial score (nSPS) is 21.2. The molecule has 0 heterocycles. The van der Waals surface area contributed by atoms with E-state index >= 15 is 0 Å². The van der Waals surface area contributed by atoms with Crippen LogP contribution >= 0.6 is 0 Å². The number of amides is 1. The van der Waals surface area contributed by atoms with Gasteiger partial charge in [0.1, 0.15) is 6.10 Å². The number of allylic oxidation sites excluding steroid dienone is 2. The third-order valence-corrected chi connectivity index (χ3v) is 3.44. The minimum atomic E-state index is -0.413. The number of aryl methyl sites for hydroxylation is 1. The number of carbonyl (C=O) groups is 1. The Labute approximate surface area is 120 Å². The average Bonchev–Trinajstić information content (AvgIpc) is 2.43. The zero-order valence-corrected chi connectivity index (χ0v) is 12.2. The van der Waals surface area contributed by atoms with Crippen LogP contribution in [0.3, 0.4) is 0 Å². The first kappa shape index (κ1) is 14.4. The molecule has 2 rings (SSSR count). The molecular weight excluding hydrogens is 250 g/mol. The zero-order valence-electron chi connectivity index (χ0n) is 12.2. The van der Waals surface area contributed by atoms with Gasteiger partial charge in [-0.15, -0.1) is 0 Å². The Bertz CT molecular complexity index is 528. The number of anilines is 1. The minimum absolute atomic E-state index is 0.200. The number of hydrogen-bond donors (Lipinski definition) is 1. The van der Waals surface area contributed by atoms with Gasteiger partial charge in [0, 0.05) is 11.6 Å². The number of rotatable bonds is 3. The van der Waals surface area contributed by atoms with E-state index in [-0.39, 0.29) is 12.0 Å². The molecule has 0 fully saturated rings.